The molecule has 0 bridgehead atoms. The Labute approximate surface area is 138 Å². The Kier molecular flexibility index (Phi) is 4.20. The molecular formula is C18H15NO5. The molecule has 6 heteroatoms. The topological polar surface area (TPSA) is 87.8 Å². The van der Waals surface area contributed by atoms with E-state index >= 15 is 0 Å². The SMILES string of the molecule is COc1ccccc1C=C1Oc2cc(OCC(N)=O)ccc2C1=O. The van der Waals surface area contributed by atoms with Gasteiger partial charge in [0, 0.05) is 11.6 Å². The lowest BCUT2D eigenvalue weighted by atomic mass is 10.1. The van der Waals surface area contributed by atoms with Crippen LogP contribution in [0.1, 0.15) is 15.9 Å². The summed E-state index contributed by atoms with van der Waals surface area (Å²) in [7, 11) is 1.56. The van der Waals surface area contributed by atoms with Gasteiger partial charge in [-0.15, -0.1) is 0 Å². The second kappa shape index (κ2) is 6.45. The number of methoxy groups -OCH3 is 1. The average molecular weight is 325 g/mol. The molecule has 0 aromatic heterocycles. The summed E-state index contributed by atoms with van der Waals surface area (Å²) >= 11 is 0. The van der Waals surface area contributed by atoms with Crippen molar-refractivity contribution in [1.82, 2.24) is 0 Å². The van der Waals surface area contributed by atoms with E-state index in [4.69, 9.17) is 19.9 Å². The van der Waals surface area contributed by atoms with Gasteiger partial charge in [-0.2, -0.15) is 0 Å². The van der Waals surface area contributed by atoms with Crippen molar-refractivity contribution in [2.75, 3.05) is 13.7 Å². The van der Waals surface area contributed by atoms with Crippen LogP contribution in [-0.4, -0.2) is 25.4 Å². The minimum Gasteiger partial charge on any atom is -0.496 e. The van der Waals surface area contributed by atoms with Crippen LogP contribution in [0.25, 0.3) is 6.08 Å². The summed E-state index contributed by atoms with van der Waals surface area (Å²) in [4.78, 5) is 23.2. The van der Waals surface area contributed by atoms with Crippen molar-refractivity contribution in [2.24, 2.45) is 5.73 Å². The van der Waals surface area contributed by atoms with Crippen molar-refractivity contribution in [3.8, 4) is 17.2 Å². The van der Waals surface area contributed by atoms with E-state index in [1.165, 1.54) is 0 Å². The summed E-state index contributed by atoms with van der Waals surface area (Å²) in [5.74, 6) is 0.813. The smallest absolute Gasteiger partial charge is 0.255 e. The van der Waals surface area contributed by atoms with Gasteiger partial charge in [-0.3, -0.25) is 9.59 Å². The monoisotopic (exact) mass is 325 g/mol. The number of Topliss-reactive ketones (excluding diaryl/α,β-unsaturated/α-hetero) is 1. The number of carbonyl (C=O) groups excluding carboxylic acids is 2. The lowest BCUT2D eigenvalue weighted by Gasteiger charge is -2.05. The zero-order valence-electron chi connectivity index (χ0n) is 12.9. The molecule has 2 aromatic rings. The third-order valence-corrected chi connectivity index (χ3v) is 3.45. The second-order valence-corrected chi connectivity index (χ2v) is 5.09. The van der Waals surface area contributed by atoms with E-state index in [-0.39, 0.29) is 18.1 Å². The molecule has 0 atom stereocenters. The number of fused-ring (bicyclic) bond motifs is 1. The second-order valence-electron chi connectivity index (χ2n) is 5.09. The molecule has 0 unspecified atom stereocenters. The van der Waals surface area contributed by atoms with E-state index in [2.05, 4.69) is 0 Å². The molecule has 6 nitrogen and oxygen atoms in total. The van der Waals surface area contributed by atoms with Gasteiger partial charge in [-0.05, 0) is 24.3 Å². The number of allylic oxidation sites excluding steroid dienone is 1. The van der Waals surface area contributed by atoms with E-state index in [1.54, 1.807) is 37.5 Å². The molecule has 1 aliphatic heterocycles. The summed E-state index contributed by atoms with van der Waals surface area (Å²) in [5.41, 5.74) is 6.21. The van der Waals surface area contributed by atoms with Crippen LogP contribution in [0.5, 0.6) is 17.2 Å². The fourth-order valence-electron chi connectivity index (χ4n) is 2.34. The minimum absolute atomic E-state index is 0.196. The maximum Gasteiger partial charge on any atom is 0.255 e. The van der Waals surface area contributed by atoms with Gasteiger partial charge in [-0.25, -0.2) is 0 Å². The summed E-state index contributed by atoms with van der Waals surface area (Å²) in [5, 5.41) is 0. The first-order valence-electron chi connectivity index (χ1n) is 7.21. The minimum atomic E-state index is -0.579. The molecule has 122 valence electrons. The van der Waals surface area contributed by atoms with Crippen LogP contribution in [0.3, 0.4) is 0 Å². The molecule has 1 aliphatic rings. The van der Waals surface area contributed by atoms with Gasteiger partial charge in [0.05, 0.1) is 12.7 Å². The first-order chi connectivity index (χ1) is 11.6. The standard InChI is InChI=1S/C18H15NO5/c1-22-14-5-3-2-4-11(14)8-16-18(21)13-7-6-12(9-15(13)24-16)23-10-17(19)20/h2-9H,10H2,1H3,(H2,19,20). The zero-order valence-corrected chi connectivity index (χ0v) is 12.9. The number of hydrogen-bond acceptors (Lipinski definition) is 5. The van der Waals surface area contributed by atoms with E-state index in [0.29, 0.717) is 22.8 Å². The Balaban J connectivity index is 1.87. The molecule has 24 heavy (non-hydrogen) atoms. The first kappa shape index (κ1) is 15.6. The Morgan fingerprint density at radius 3 is 2.79 bits per heavy atom. The van der Waals surface area contributed by atoms with E-state index in [9.17, 15) is 9.59 Å². The van der Waals surface area contributed by atoms with Gasteiger partial charge in [0.1, 0.15) is 17.2 Å². The van der Waals surface area contributed by atoms with Crippen molar-refractivity contribution >= 4 is 17.8 Å². The molecule has 1 amide bonds. The van der Waals surface area contributed by atoms with Gasteiger partial charge in [-0.1, -0.05) is 18.2 Å². The van der Waals surface area contributed by atoms with Crippen LogP contribution in [0.15, 0.2) is 48.2 Å². The van der Waals surface area contributed by atoms with E-state index in [1.807, 2.05) is 18.2 Å². The van der Waals surface area contributed by atoms with Crippen molar-refractivity contribution in [2.45, 2.75) is 0 Å². The van der Waals surface area contributed by atoms with Crippen LogP contribution < -0.4 is 19.9 Å². The fraction of sp³-hybridized carbons (Fsp3) is 0.111. The number of para-hydroxylation sites is 1. The molecular weight excluding hydrogens is 310 g/mol. The molecule has 0 fully saturated rings. The molecule has 0 saturated heterocycles. The molecule has 0 radical (unpaired) electrons. The largest absolute Gasteiger partial charge is 0.496 e. The predicted molar refractivity (Wildman–Crippen MR) is 87.1 cm³/mol. The summed E-state index contributed by atoms with van der Waals surface area (Å²) in [6, 6.07) is 12.1. The number of hydrogen-bond donors (Lipinski definition) is 1. The number of primary amides is 1. The summed E-state index contributed by atoms with van der Waals surface area (Å²) in [6.07, 6.45) is 1.63. The Morgan fingerprint density at radius 2 is 2.04 bits per heavy atom. The average Bonchev–Trinajstić information content (AvgIpc) is 2.89. The molecule has 2 N–H and O–H groups in total. The lowest BCUT2D eigenvalue weighted by Crippen LogP contribution is -2.19. The number of carbonyl (C=O) groups is 2. The lowest BCUT2D eigenvalue weighted by molar-refractivity contribution is -0.119. The van der Waals surface area contributed by atoms with Gasteiger partial charge in [0.2, 0.25) is 5.78 Å². The van der Waals surface area contributed by atoms with Crippen molar-refractivity contribution in [3.05, 3.63) is 59.4 Å². The molecule has 0 spiro atoms. The van der Waals surface area contributed by atoms with Crippen molar-refractivity contribution in [1.29, 1.82) is 0 Å². The third kappa shape index (κ3) is 3.08. The van der Waals surface area contributed by atoms with E-state index in [0.717, 1.165) is 5.56 Å². The third-order valence-electron chi connectivity index (χ3n) is 3.45. The number of amides is 1. The zero-order chi connectivity index (χ0) is 17.1. The predicted octanol–water partition coefficient (Wildman–Crippen LogP) is 2.18. The Bertz CT molecular complexity index is 841. The first-order valence-corrected chi connectivity index (χ1v) is 7.21. The number of ether oxygens (including phenoxy) is 3. The van der Waals surface area contributed by atoms with Crippen LogP contribution in [0.2, 0.25) is 0 Å². The van der Waals surface area contributed by atoms with Crippen molar-refractivity contribution < 1.29 is 23.8 Å². The quantitative estimate of drug-likeness (QED) is 0.851. The maximum atomic E-state index is 12.4. The Hall–Kier alpha value is -3.28. The highest BCUT2D eigenvalue weighted by Gasteiger charge is 2.28. The fourth-order valence-corrected chi connectivity index (χ4v) is 2.34. The van der Waals surface area contributed by atoms with Crippen LogP contribution >= 0.6 is 0 Å². The summed E-state index contributed by atoms with van der Waals surface area (Å²) in [6.45, 7) is -0.239. The number of nitrogens with two attached hydrogens (primary N) is 1. The number of benzene rings is 2. The highest BCUT2D eigenvalue weighted by Crippen LogP contribution is 2.35. The van der Waals surface area contributed by atoms with Gasteiger partial charge in [0.25, 0.3) is 5.91 Å². The molecule has 0 aliphatic carbocycles. The van der Waals surface area contributed by atoms with Crippen LogP contribution in [0, 0.1) is 0 Å². The number of rotatable bonds is 5. The van der Waals surface area contributed by atoms with Crippen LogP contribution in [0.4, 0.5) is 0 Å². The normalized spacial score (nSPS) is 14.2. The van der Waals surface area contributed by atoms with Crippen molar-refractivity contribution in [3.63, 3.8) is 0 Å². The summed E-state index contributed by atoms with van der Waals surface area (Å²) < 4.78 is 16.1. The molecule has 2 aromatic carbocycles. The molecule has 3 rings (SSSR count). The maximum absolute atomic E-state index is 12.4. The number of ketones is 1. The van der Waals surface area contributed by atoms with Gasteiger partial charge < -0.3 is 19.9 Å². The highest BCUT2D eigenvalue weighted by atomic mass is 16.5. The Morgan fingerprint density at radius 1 is 1.25 bits per heavy atom. The highest BCUT2D eigenvalue weighted by molar-refractivity contribution is 6.14. The van der Waals surface area contributed by atoms with Gasteiger partial charge >= 0.3 is 0 Å². The van der Waals surface area contributed by atoms with Crippen LogP contribution in [-0.2, 0) is 4.79 Å². The molecule has 0 saturated carbocycles. The van der Waals surface area contributed by atoms with Gasteiger partial charge in [0.15, 0.2) is 12.4 Å². The van der Waals surface area contributed by atoms with E-state index < -0.39 is 5.91 Å². The molecule has 1 heterocycles.